The van der Waals surface area contributed by atoms with Crippen LogP contribution in [0.3, 0.4) is 0 Å². The molecule has 0 spiro atoms. The number of hydrogen-bond acceptors (Lipinski definition) is 2. The van der Waals surface area contributed by atoms with Crippen molar-refractivity contribution in [3.05, 3.63) is 29.8 Å². The number of aromatic hydroxyl groups is 1. The van der Waals surface area contributed by atoms with E-state index in [-0.39, 0.29) is 6.04 Å². The van der Waals surface area contributed by atoms with Crippen LogP contribution in [-0.2, 0) is 6.54 Å². The molecule has 15 heavy (non-hydrogen) atoms. The molecule has 2 N–H and O–H groups in total. The van der Waals surface area contributed by atoms with Gasteiger partial charge in [0.2, 0.25) is 0 Å². The zero-order chi connectivity index (χ0) is 11.1. The molecule has 0 radical (unpaired) electrons. The summed E-state index contributed by atoms with van der Waals surface area (Å²) in [7, 11) is 0. The van der Waals surface area contributed by atoms with Crippen LogP contribution in [0, 0.1) is 12.3 Å². The molecule has 0 fully saturated rings. The normalized spacial score (nSPS) is 12.0. The van der Waals surface area contributed by atoms with Gasteiger partial charge in [0.05, 0.1) is 6.04 Å². The Bertz CT molecular complexity index is 323. The van der Waals surface area contributed by atoms with Gasteiger partial charge in [-0.3, -0.25) is 5.32 Å². The fraction of sp³-hybridized carbons (Fsp3) is 0.385. The predicted octanol–water partition coefficient (Wildman–Crippen LogP) is 2.28. The molecular formula is C13H17NO. The third kappa shape index (κ3) is 4.05. The number of benzene rings is 1. The summed E-state index contributed by atoms with van der Waals surface area (Å²) in [4.78, 5) is 0. The van der Waals surface area contributed by atoms with Crippen molar-refractivity contribution in [1.82, 2.24) is 5.32 Å². The van der Waals surface area contributed by atoms with Crippen molar-refractivity contribution in [3.8, 4) is 18.1 Å². The molecule has 1 aromatic rings. The Morgan fingerprint density at radius 3 is 2.60 bits per heavy atom. The SMILES string of the molecule is C#CC(CCC)NCc1ccc(O)cc1. The maximum atomic E-state index is 9.11. The average molecular weight is 203 g/mol. The Labute approximate surface area is 91.3 Å². The topological polar surface area (TPSA) is 32.3 Å². The first-order chi connectivity index (χ1) is 7.26. The van der Waals surface area contributed by atoms with E-state index in [9.17, 15) is 0 Å². The van der Waals surface area contributed by atoms with Crippen LogP contribution in [0.4, 0.5) is 0 Å². The zero-order valence-electron chi connectivity index (χ0n) is 9.03. The van der Waals surface area contributed by atoms with Gasteiger partial charge in [0.25, 0.3) is 0 Å². The minimum Gasteiger partial charge on any atom is -0.508 e. The second-order valence-corrected chi connectivity index (χ2v) is 3.56. The maximum Gasteiger partial charge on any atom is 0.115 e. The number of nitrogens with one attached hydrogen (secondary N) is 1. The van der Waals surface area contributed by atoms with Gasteiger partial charge in [0.1, 0.15) is 5.75 Å². The second-order valence-electron chi connectivity index (χ2n) is 3.56. The first kappa shape index (κ1) is 11.6. The molecule has 0 aliphatic rings. The first-order valence-corrected chi connectivity index (χ1v) is 5.23. The molecule has 0 saturated carbocycles. The van der Waals surface area contributed by atoms with Gasteiger partial charge in [0.15, 0.2) is 0 Å². The molecule has 80 valence electrons. The Hall–Kier alpha value is -1.46. The van der Waals surface area contributed by atoms with E-state index in [4.69, 9.17) is 11.5 Å². The zero-order valence-corrected chi connectivity index (χ0v) is 9.03. The van der Waals surface area contributed by atoms with Crippen LogP contribution in [-0.4, -0.2) is 11.1 Å². The van der Waals surface area contributed by atoms with Crippen molar-refractivity contribution >= 4 is 0 Å². The van der Waals surface area contributed by atoms with E-state index in [1.807, 2.05) is 12.1 Å². The Morgan fingerprint density at radius 2 is 2.07 bits per heavy atom. The average Bonchev–Trinajstić information content (AvgIpc) is 2.26. The van der Waals surface area contributed by atoms with E-state index in [1.54, 1.807) is 12.1 Å². The number of phenolic OH excluding ortho intramolecular Hbond substituents is 1. The van der Waals surface area contributed by atoms with Gasteiger partial charge in [-0.1, -0.05) is 31.4 Å². The van der Waals surface area contributed by atoms with Crippen molar-refractivity contribution in [1.29, 1.82) is 0 Å². The van der Waals surface area contributed by atoms with Crippen LogP contribution >= 0.6 is 0 Å². The first-order valence-electron chi connectivity index (χ1n) is 5.23. The van der Waals surface area contributed by atoms with Crippen LogP contribution in [0.25, 0.3) is 0 Å². The van der Waals surface area contributed by atoms with E-state index in [2.05, 4.69) is 18.2 Å². The van der Waals surface area contributed by atoms with Gasteiger partial charge in [0, 0.05) is 6.54 Å². The quantitative estimate of drug-likeness (QED) is 0.720. The lowest BCUT2D eigenvalue weighted by Gasteiger charge is -2.11. The molecule has 0 saturated heterocycles. The molecule has 2 heteroatoms. The third-order valence-corrected chi connectivity index (χ3v) is 2.27. The fourth-order valence-corrected chi connectivity index (χ4v) is 1.39. The number of phenols is 1. The molecule has 0 aliphatic heterocycles. The summed E-state index contributed by atoms with van der Waals surface area (Å²) >= 11 is 0. The van der Waals surface area contributed by atoms with Crippen molar-refractivity contribution < 1.29 is 5.11 Å². The molecule has 0 amide bonds. The summed E-state index contributed by atoms with van der Waals surface area (Å²) in [5.41, 5.74) is 1.13. The van der Waals surface area contributed by atoms with Crippen LogP contribution in [0.5, 0.6) is 5.75 Å². The van der Waals surface area contributed by atoms with Gasteiger partial charge in [-0.15, -0.1) is 6.42 Å². The molecular weight excluding hydrogens is 186 g/mol. The monoisotopic (exact) mass is 203 g/mol. The molecule has 0 heterocycles. The Balaban J connectivity index is 2.42. The maximum absolute atomic E-state index is 9.11. The van der Waals surface area contributed by atoms with E-state index in [0.29, 0.717) is 5.75 Å². The van der Waals surface area contributed by atoms with Gasteiger partial charge < -0.3 is 5.11 Å². The summed E-state index contributed by atoms with van der Waals surface area (Å²) in [5, 5.41) is 12.4. The van der Waals surface area contributed by atoms with Crippen LogP contribution in [0.1, 0.15) is 25.3 Å². The lowest BCUT2D eigenvalue weighted by atomic mass is 10.1. The molecule has 1 unspecified atom stereocenters. The van der Waals surface area contributed by atoms with Gasteiger partial charge >= 0.3 is 0 Å². The molecule has 1 aromatic carbocycles. The minimum atomic E-state index is 0.142. The number of hydrogen-bond donors (Lipinski definition) is 2. The lowest BCUT2D eigenvalue weighted by molar-refractivity contribution is 0.474. The van der Waals surface area contributed by atoms with Crippen LogP contribution < -0.4 is 5.32 Å². The molecule has 1 rings (SSSR count). The lowest BCUT2D eigenvalue weighted by Crippen LogP contribution is -2.26. The highest BCUT2D eigenvalue weighted by Crippen LogP contribution is 2.09. The Morgan fingerprint density at radius 1 is 1.40 bits per heavy atom. The van der Waals surface area contributed by atoms with Crippen LogP contribution in [0.2, 0.25) is 0 Å². The summed E-state index contributed by atoms with van der Waals surface area (Å²) in [5.74, 6) is 3.02. The molecule has 0 aromatic heterocycles. The highest BCUT2D eigenvalue weighted by Gasteiger charge is 2.02. The smallest absolute Gasteiger partial charge is 0.115 e. The second kappa shape index (κ2) is 6.10. The van der Waals surface area contributed by atoms with Gasteiger partial charge in [-0.2, -0.15) is 0 Å². The predicted molar refractivity (Wildman–Crippen MR) is 62.5 cm³/mol. The van der Waals surface area contributed by atoms with Crippen molar-refractivity contribution in [2.45, 2.75) is 32.4 Å². The molecule has 0 bridgehead atoms. The van der Waals surface area contributed by atoms with E-state index in [1.165, 1.54) is 0 Å². The minimum absolute atomic E-state index is 0.142. The van der Waals surface area contributed by atoms with Crippen LogP contribution in [0.15, 0.2) is 24.3 Å². The molecule has 0 aliphatic carbocycles. The Kier molecular flexibility index (Phi) is 4.73. The summed E-state index contributed by atoms with van der Waals surface area (Å²) < 4.78 is 0. The highest BCUT2D eigenvalue weighted by atomic mass is 16.3. The summed E-state index contributed by atoms with van der Waals surface area (Å²) in [6, 6.07) is 7.29. The van der Waals surface area contributed by atoms with E-state index >= 15 is 0 Å². The molecule has 2 nitrogen and oxygen atoms in total. The van der Waals surface area contributed by atoms with Gasteiger partial charge in [-0.25, -0.2) is 0 Å². The van der Waals surface area contributed by atoms with E-state index in [0.717, 1.165) is 24.9 Å². The summed E-state index contributed by atoms with van der Waals surface area (Å²) in [6.45, 7) is 2.86. The van der Waals surface area contributed by atoms with Crippen molar-refractivity contribution in [2.75, 3.05) is 0 Å². The summed E-state index contributed by atoms with van der Waals surface area (Å²) in [6.07, 6.45) is 7.47. The van der Waals surface area contributed by atoms with Crippen molar-refractivity contribution in [3.63, 3.8) is 0 Å². The number of terminal acetylenes is 1. The fourth-order valence-electron chi connectivity index (χ4n) is 1.39. The number of rotatable bonds is 5. The molecule has 1 atom stereocenters. The highest BCUT2D eigenvalue weighted by molar-refractivity contribution is 5.25. The standard InChI is InChI=1S/C13H17NO/c1-3-5-12(4-2)14-10-11-6-8-13(15)9-7-11/h2,6-9,12,14-15H,3,5,10H2,1H3. The van der Waals surface area contributed by atoms with Gasteiger partial charge in [-0.05, 0) is 24.1 Å². The largest absolute Gasteiger partial charge is 0.508 e. The van der Waals surface area contributed by atoms with E-state index < -0.39 is 0 Å². The third-order valence-electron chi connectivity index (χ3n) is 2.27. The van der Waals surface area contributed by atoms with Crippen molar-refractivity contribution in [2.24, 2.45) is 0 Å².